The number of pyridine rings is 1. The molecule has 11 nitrogen and oxygen atoms in total. The van der Waals surface area contributed by atoms with Gasteiger partial charge in [-0.1, -0.05) is 25.5 Å². The van der Waals surface area contributed by atoms with Crippen LogP contribution in [-0.4, -0.2) is 96.0 Å². The van der Waals surface area contributed by atoms with E-state index in [1.807, 2.05) is 0 Å². The number of aliphatic hydroxyl groups is 1. The molecule has 1 atom stereocenters. The monoisotopic (exact) mass is 659 g/mol. The zero-order valence-corrected chi connectivity index (χ0v) is 24.8. The van der Waals surface area contributed by atoms with E-state index in [9.17, 15) is 45.8 Å². The van der Waals surface area contributed by atoms with E-state index >= 15 is 0 Å². The summed E-state index contributed by atoms with van der Waals surface area (Å²) in [6, 6.07) is 4.74. The number of imide groups is 1. The smallest absolute Gasteiger partial charge is 0.430 e. The molecule has 2 N–H and O–H groups in total. The number of alkyl halides is 6. The second kappa shape index (κ2) is 11.8. The number of anilines is 1. The molecule has 1 aromatic carbocycles. The van der Waals surface area contributed by atoms with Crippen LogP contribution in [0.2, 0.25) is 0 Å². The van der Waals surface area contributed by atoms with E-state index in [0.29, 0.717) is 30.5 Å². The molecule has 3 aliphatic rings. The summed E-state index contributed by atoms with van der Waals surface area (Å²) in [5, 5.41) is 12.4. The first-order valence-corrected chi connectivity index (χ1v) is 14.4. The van der Waals surface area contributed by atoms with Gasteiger partial charge in [-0.15, -0.1) is 0 Å². The number of ether oxygens (including phenoxy) is 2. The van der Waals surface area contributed by atoms with Gasteiger partial charge in [0.2, 0.25) is 5.91 Å². The number of carbonyl (C=O) groups excluding carboxylic acids is 3. The normalized spacial score (nSPS) is 20.7. The average molecular weight is 660 g/mol. The number of aromatic nitrogens is 1. The maximum absolute atomic E-state index is 13.5. The van der Waals surface area contributed by atoms with Gasteiger partial charge in [0.15, 0.2) is 11.3 Å². The van der Waals surface area contributed by atoms with E-state index in [1.54, 1.807) is 17.9 Å². The molecule has 1 unspecified atom stereocenters. The summed E-state index contributed by atoms with van der Waals surface area (Å²) in [5.74, 6) is -0.668. The minimum Gasteiger partial charge on any atom is -0.484 e. The molecule has 4 heterocycles. The molecular formula is C29H31F6N5O6. The summed E-state index contributed by atoms with van der Waals surface area (Å²) in [7, 11) is 0. The van der Waals surface area contributed by atoms with Gasteiger partial charge < -0.3 is 29.7 Å². The van der Waals surface area contributed by atoms with Crippen molar-refractivity contribution in [2.24, 2.45) is 0 Å². The number of amides is 4. The Morgan fingerprint density at radius 2 is 1.65 bits per heavy atom. The summed E-state index contributed by atoms with van der Waals surface area (Å²) in [6.45, 7) is 3.75. The highest BCUT2D eigenvalue weighted by Crippen LogP contribution is 2.50. The molecule has 17 heteroatoms. The second-order valence-electron chi connectivity index (χ2n) is 11.3. The summed E-state index contributed by atoms with van der Waals surface area (Å²) in [5.41, 5.74) is -7.20. The quantitative estimate of drug-likeness (QED) is 0.343. The number of piperazine rings is 1. The van der Waals surface area contributed by atoms with Gasteiger partial charge in [0, 0.05) is 37.4 Å². The Kier molecular flexibility index (Phi) is 8.50. The van der Waals surface area contributed by atoms with Crippen molar-refractivity contribution in [1.82, 2.24) is 20.1 Å². The van der Waals surface area contributed by atoms with Crippen LogP contribution in [0, 0.1) is 0 Å². The first kappa shape index (κ1) is 33.1. The van der Waals surface area contributed by atoms with Crippen LogP contribution in [0.25, 0.3) is 0 Å². The number of fused-ring (bicyclic) bond motifs is 1. The summed E-state index contributed by atoms with van der Waals surface area (Å²) in [4.78, 5) is 47.6. The van der Waals surface area contributed by atoms with Gasteiger partial charge in [-0.05, 0) is 37.1 Å². The topological polar surface area (TPSA) is 125 Å². The van der Waals surface area contributed by atoms with E-state index in [1.165, 1.54) is 17.9 Å². The SMILES string of the molecule is CCCc1cc(C(O)(C(F)(F)F)C(F)(F)F)ccc1N1CCN(C(=O)CN2C(=O)NC(C)(c3ccc4c(n3)OCCO4)C2=O)CC1. The molecule has 2 fully saturated rings. The van der Waals surface area contributed by atoms with E-state index in [2.05, 4.69) is 10.3 Å². The van der Waals surface area contributed by atoms with Gasteiger partial charge in [-0.3, -0.25) is 14.5 Å². The fraction of sp³-hybridized carbons (Fsp3) is 0.517. The lowest BCUT2D eigenvalue weighted by Crippen LogP contribution is -2.54. The van der Waals surface area contributed by atoms with Crippen molar-refractivity contribution in [1.29, 1.82) is 0 Å². The lowest BCUT2D eigenvalue weighted by molar-refractivity contribution is -0.376. The standard InChI is InChI=1S/C29H31F6N5O6/c1-3-4-17-15-18(27(44,28(30,31)32)29(33,34)35)5-6-19(17)38-9-11-39(12-10-38)22(41)16-40-24(42)26(2,37-25(40)43)21-8-7-20-23(36-21)46-14-13-45-20/h5-8,15,44H,3-4,9-14,16H2,1-2H3,(H,37,43). The van der Waals surface area contributed by atoms with Crippen molar-refractivity contribution >= 4 is 23.5 Å². The Hall–Kier alpha value is -4.28. The second-order valence-corrected chi connectivity index (χ2v) is 11.3. The molecule has 3 aliphatic heterocycles. The summed E-state index contributed by atoms with van der Waals surface area (Å²) in [6.07, 6.45) is -11.5. The van der Waals surface area contributed by atoms with Gasteiger partial charge in [-0.25, -0.2) is 9.78 Å². The fourth-order valence-corrected chi connectivity index (χ4v) is 5.73. The number of hydrogen-bond acceptors (Lipinski definition) is 8. The Balaban J connectivity index is 1.26. The van der Waals surface area contributed by atoms with Crippen LogP contribution in [0.3, 0.4) is 0 Å². The predicted molar refractivity (Wildman–Crippen MR) is 148 cm³/mol. The lowest BCUT2D eigenvalue weighted by Gasteiger charge is -2.38. The van der Waals surface area contributed by atoms with Crippen LogP contribution < -0.4 is 19.7 Å². The molecule has 1 aromatic heterocycles. The van der Waals surface area contributed by atoms with Crippen molar-refractivity contribution in [2.45, 2.75) is 50.2 Å². The minimum absolute atomic E-state index is 0.103. The zero-order valence-electron chi connectivity index (χ0n) is 24.8. The highest BCUT2D eigenvalue weighted by molar-refractivity contribution is 6.09. The average Bonchev–Trinajstić information content (AvgIpc) is 3.23. The molecule has 0 bridgehead atoms. The number of rotatable bonds is 7. The molecule has 0 spiro atoms. The highest BCUT2D eigenvalue weighted by Gasteiger charge is 2.71. The Labute approximate surface area is 259 Å². The first-order chi connectivity index (χ1) is 21.5. The number of carbonyl (C=O) groups is 3. The zero-order chi connectivity index (χ0) is 33.7. The maximum atomic E-state index is 13.5. The molecule has 250 valence electrons. The van der Waals surface area contributed by atoms with E-state index in [0.717, 1.165) is 17.0 Å². The number of benzene rings is 1. The minimum atomic E-state index is -6.01. The molecule has 46 heavy (non-hydrogen) atoms. The molecule has 0 saturated carbocycles. The Bertz CT molecular complexity index is 1510. The molecule has 0 radical (unpaired) electrons. The third kappa shape index (κ3) is 5.64. The van der Waals surface area contributed by atoms with Gasteiger partial charge in [-0.2, -0.15) is 26.3 Å². The molecular weight excluding hydrogens is 628 g/mol. The van der Waals surface area contributed by atoms with Crippen LogP contribution in [0.1, 0.15) is 37.1 Å². The molecule has 2 saturated heterocycles. The van der Waals surface area contributed by atoms with Gasteiger partial charge >= 0.3 is 18.4 Å². The predicted octanol–water partition coefficient (Wildman–Crippen LogP) is 3.23. The lowest BCUT2D eigenvalue weighted by atomic mass is 9.89. The van der Waals surface area contributed by atoms with Crippen molar-refractivity contribution < 1.29 is 55.3 Å². The first-order valence-electron chi connectivity index (χ1n) is 14.4. The molecule has 0 aliphatic carbocycles. The number of nitrogens with zero attached hydrogens (tertiary/aromatic N) is 4. The number of hydrogen-bond donors (Lipinski definition) is 2. The van der Waals surface area contributed by atoms with Crippen LogP contribution in [0.15, 0.2) is 30.3 Å². The van der Waals surface area contributed by atoms with Gasteiger partial charge in [0.25, 0.3) is 17.4 Å². The summed E-state index contributed by atoms with van der Waals surface area (Å²) >= 11 is 0. The van der Waals surface area contributed by atoms with Crippen molar-refractivity contribution in [2.75, 3.05) is 50.8 Å². The molecule has 2 aromatic rings. The summed E-state index contributed by atoms with van der Waals surface area (Å²) < 4.78 is 91.8. The Morgan fingerprint density at radius 1 is 1.00 bits per heavy atom. The van der Waals surface area contributed by atoms with Crippen LogP contribution in [0.4, 0.5) is 36.8 Å². The number of nitrogens with one attached hydrogen (secondary N) is 1. The van der Waals surface area contributed by atoms with Crippen molar-refractivity contribution in [3.05, 3.63) is 47.2 Å². The van der Waals surface area contributed by atoms with E-state index in [-0.39, 0.29) is 56.3 Å². The molecule has 5 rings (SSSR count). The number of aryl methyl sites for hydroxylation is 1. The third-order valence-electron chi connectivity index (χ3n) is 8.30. The van der Waals surface area contributed by atoms with Crippen LogP contribution >= 0.6 is 0 Å². The molecule has 4 amide bonds. The van der Waals surface area contributed by atoms with E-state index < -0.39 is 53.4 Å². The fourth-order valence-electron chi connectivity index (χ4n) is 5.73. The number of halogens is 6. The van der Waals surface area contributed by atoms with Gasteiger partial charge in [0.1, 0.15) is 19.8 Å². The maximum Gasteiger partial charge on any atom is 0.430 e. The number of urea groups is 1. The Morgan fingerprint density at radius 3 is 2.28 bits per heavy atom. The van der Waals surface area contributed by atoms with E-state index in [4.69, 9.17) is 9.47 Å². The largest absolute Gasteiger partial charge is 0.484 e. The van der Waals surface area contributed by atoms with Crippen LogP contribution in [0.5, 0.6) is 11.6 Å². The van der Waals surface area contributed by atoms with Gasteiger partial charge in [0.05, 0.1) is 5.69 Å². The third-order valence-corrected chi connectivity index (χ3v) is 8.30. The highest BCUT2D eigenvalue weighted by atomic mass is 19.4. The van der Waals surface area contributed by atoms with Crippen LogP contribution in [-0.2, 0) is 27.1 Å². The van der Waals surface area contributed by atoms with Crippen molar-refractivity contribution in [3.63, 3.8) is 0 Å². The van der Waals surface area contributed by atoms with Crippen molar-refractivity contribution in [3.8, 4) is 11.6 Å².